The third-order valence-electron chi connectivity index (χ3n) is 4.41. The highest BCUT2D eigenvalue weighted by atomic mass is 15.1. The van der Waals surface area contributed by atoms with Crippen molar-refractivity contribution in [3.05, 3.63) is 66.7 Å². The molecule has 0 amide bonds. The molecule has 0 saturated heterocycles. The highest BCUT2D eigenvalue weighted by molar-refractivity contribution is 6.05. The van der Waals surface area contributed by atoms with Crippen molar-refractivity contribution < 1.29 is 0 Å². The summed E-state index contributed by atoms with van der Waals surface area (Å²) in [4.78, 5) is 5.03. The zero-order valence-corrected chi connectivity index (χ0v) is 13.4. The van der Waals surface area contributed by atoms with Gasteiger partial charge in [0.2, 0.25) is 0 Å². The molecule has 2 heteroatoms. The Morgan fingerprint density at radius 2 is 1.65 bits per heavy atom. The van der Waals surface area contributed by atoms with Gasteiger partial charge in [0.15, 0.2) is 0 Å². The maximum Gasteiger partial charge on any atom is 0.141 e. The Kier molecular flexibility index (Phi) is 3.58. The van der Waals surface area contributed by atoms with Crippen molar-refractivity contribution in [1.82, 2.24) is 9.55 Å². The number of benzene rings is 3. The lowest BCUT2D eigenvalue weighted by Gasteiger charge is -2.08. The van der Waals surface area contributed by atoms with Crippen molar-refractivity contribution in [3.63, 3.8) is 0 Å². The Labute approximate surface area is 136 Å². The minimum Gasteiger partial charge on any atom is -0.324 e. The minimum atomic E-state index is 1.01. The van der Waals surface area contributed by atoms with Gasteiger partial charge in [0.1, 0.15) is 5.82 Å². The van der Waals surface area contributed by atoms with Crippen LogP contribution >= 0.6 is 0 Å². The normalized spacial score (nSPS) is 11.3. The average Bonchev–Trinajstić information content (AvgIpc) is 2.99. The van der Waals surface area contributed by atoms with Crippen molar-refractivity contribution in [3.8, 4) is 11.4 Å². The number of aromatic nitrogens is 2. The lowest BCUT2D eigenvalue weighted by molar-refractivity contribution is 0.651. The molecule has 114 valence electrons. The van der Waals surface area contributed by atoms with Crippen LogP contribution in [0.4, 0.5) is 0 Å². The van der Waals surface area contributed by atoms with Gasteiger partial charge in [-0.1, -0.05) is 74.0 Å². The standard InChI is InChI=1S/C21H20N2/c1-2-3-15-23-19-14-13-16-9-7-8-12-18(16)20(19)22-21(23)17-10-5-4-6-11-17/h4-14H,2-3,15H2,1H3. The summed E-state index contributed by atoms with van der Waals surface area (Å²) in [5.41, 5.74) is 3.53. The molecule has 0 aliphatic rings. The van der Waals surface area contributed by atoms with E-state index in [4.69, 9.17) is 4.98 Å². The highest BCUT2D eigenvalue weighted by Crippen LogP contribution is 2.30. The van der Waals surface area contributed by atoms with Gasteiger partial charge in [-0.2, -0.15) is 0 Å². The summed E-state index contributed by atoms with van der Waals surface area (Å²) < 4.78 is 2.38. The Balaban J connectivity index is 2.02. The molecule has 2 nitrogen and oxygen atoms in total. The van der Waals surface area contributed by atoms with Crippen LogP contribution in [0.5, 0.6) is 0 Å². The van der Waals surface area contributed by atoms with Gasteiger partial charge in [-0.05, 0) is 17.9 Å². The number of imidazole rings is 1. The van der Waals surface area contributed by atoms with Crippen molar-refractivity contribution in [2.45, 2.75) is 26.3 Å². The second-order valence-corrected chi connectivity index (χ2v) is 5.96. The number of hydrogen-bond donors (Lipinski definition) is 0. The predicted molar refractivity (Wildman–Crippen MR) is 97.6 cm³/mol. The van der Waals surface area contributed by atoms with E-state index in [1.807, 2.05) is 0 Å². The highest BCUT2D eigenvalue weighted by Gasteiger charge is 2.14. The maximum atomic E-state index is 5.03. The average molecular weight is 300 g/mol. The topological polar surface area (TPSA) is 17.8 Å². The van der Waals surface area contributed by atoms with E-state index in [2.05, 4.69) is 78.2 Å². The molecule has 4 rings (SSSR count). The maximum absolute atomic E-state index is 5.03. The zero-order valence-electron chi connectivity index (χ0n) is 13.4. The molecular weight excluding hydrogens is 280 g/mol. The van der Waals surface area contributed by atoms with Gasteiger partial charge >= 0.3 is 0 Å². The van der Waals surface area contributed by atoms with Crippen molar-refractivity contribution in [2.24, 2.45) is 0 Å². The van der Waals surface area contributed by atoms with E-state index >= 15 is 0 Å². The van der Waals surface area contributed by atoms with E-state index in [1.165, 1.54) is 28.3 Å². The van der Waals surface area contributed by atoms with Crippen LogP contribution in [0.25, 0.3) is 33.2 Å². The summed E-state index contributed by atoms with van der Waals surface area (Å²) in [6.45, 7) is 3.24. The molecule has 0 N–H and O–H groups in total. The summed E-state index contributed by atoms with van der Waals surface area (Å²) in [7, 11) is 0. The van der Waals surface area contributed by atoms with Crippen LogP contribution in [-0.4, -0.2) is 9.55 Å². The van der Waals surface area contributed by atoms with Crippen LogP contribution in [0.2, 0.25) is 0 Å². The summed E-state index contributed by atoms with van der Waals surface area (Å²) in [5.74, 6) is 1.07. The Morgan fingerprint density at radius 3 is 2.48 bits per heavy atom. The number of aryl methyl sites for hydroxylation is 1. The number of unbranched alkanes of at least 4 members (excludes halogenated alkanes) is 1. The first-order chi connectivity index (χ1) is 11.4. The zero-order chi connectivity index (χ0) is 15.6. The Morgan fingerprint density at radius 1 is 0.870 bits per heavy atom. The summed E-state index contributed by atoms with van der Waals surface area (Å²) in [5, 5.41) is 2.48. The largest absolute Gasteiger partial charge is 0.324 e. The third kappa shape index (κ3) is 2.40. The quantitative estimate of drug-likeness (QED) is 0.475. The monoisotopic (exact) mass is 300 g/mol. The van der Waals surface area contributed by atoms with Gasteiger partial charge in [-0.3, -0.25) is 0 Å². The van der Waals surface area contributed by atoms with Crippen LogP contribution in [-0.2, 0) is 6.54 Å². The summed E-state index contributed by atoms with van der Waals surface area (Å²) in [6, 6.07) is 23.4. The van der Waals surface area contributed by atoms with Gasteiger partial charge in [0.25, 0.3) is 0 Å². The number of hydrogen-bond acceptors (Lipinski definition) is 1. The molecule has 0 spiro atoms. The molecule has 3 aromatic carbocycles. The van der Waals surface area contributed by atoms with Crippen molar-refractivity contribution in [2.75, 3.05) is 0 Å². The van der Waals surface area contributed by atoms with E-state index in [-0.39, 0.29) is 0 Å². The second-order valence-electron chi connectivity index (χ2n) is 5.96. The number of nitrogens with zero attached hydrogens (tertiary/aromatic N) is 2. The van der Waals surface area contributed by atoms with Gasteiger partial charge < -0.3 is 4.57 Å². The Hall–Kier alpha value is -2.61. The van der Waals surface area contributed by atoms with Crippen LogP contribution in [0.15, 0.2) is 66.7 Å². The SMILES string of the molecule is CCCCn1c(-c2ccccc2)nc2c3ccccc3ccc21. The van der Waals surface area contributed by atoms with Crippen LogP contribution < -0.4 is 0 Å². The van der Waals surface area contributed by atoms with E-state index in [0.29, 0.717) is 0 Å². The molecule has 0 bridgehead atoms. The number of rotatable bonds is 4. The lowest BCUT2D eigenvalue weighted by atomic mass is 10.1. The third-order valence-corrected chi connectivity index (χ3v) is 4.41. The fraction of sp³-hybridized carbons (Fsp3) is 0.190. The van der Waals surface area contributed by atoms with Crippen LogP contribution in [0.3, 0.4) is 0 Å². The molecule has 0 radical (unpaired) electrons. The first-order valence-corrected chi connectivity index (χ1v) is 8.32. The number of fused-ring (bicyclic) bond motifs is 3. The predicted octanol–water partition coefficient (Wildman–Crippen LogP) is 5.66. The Bertz CT molecular complexity index is 952. The molecule has 4 aromatic rings. The fourth-order valence-electron chi connectivity index (χ4n) is 3.21. The first kappa shape index (κ1) is 14.0. The lowest BCUT2D eigenvalue weighted by Crippen LogP contribution is -2.00. The minimum absolute atomic E-state index is 1.01. The van der Waals surface area contributed by atoms with E-state index in [0.717, 1.165) is 24.3 Å². The molecule has 0 fully saturated rings. The molecule has 23 heavy (non-hydrogen) atoms. The van der Waals surface area contributed by atoms with Gasteiger partial charge in [0.05, 0.1) is 11.0 Å². The van der Waals surface area contributed by atoms with Gasteiger partial charge in [0, 0.05) is 17.5 Å². The molecule has 1 aromatic heterocycles. The van der Waals surface area contributed by atoms with E-state index < -0.39 is 0 Å². The molecule has 1 heterocycles. The van der Waals surface area contributed by atoms with E-state index in [9.17, 15) is 0 Å². The van der Waals surface area contributed by atoms with Gasteiger partial charge in [-0.15, -0.1) is 0 Å². The molecule has 0 unspecified atom stereocenters. The summed E-state index contributed by atoms with van der Waals surface area (Å²) in [6.07, 6.45) is 2.35. The second kappa shape index (κ2) is 5.88. The fourth-order valence-corrected chi connectivity index (χ4v) is 3.21. The van der Waals surface area contributed by atoms with E-state index in [1.54, 1.807) is 0 Å². The summed E-state index contributed by atoms with van der Waals surface area (Å²) >= 11 is 0. The molecule has 0 atom stereocenters. The molecule has 0 saturated carbocycles. The van der Waals surface area contributed by atoms with Crippen molar-refractivity contribution >= 4 is 21.8 Å². The molecule has 0 aliphatic heterocycles. The van der Waals surface area contributed by atoms with Crippen molar-refractivity contribution in [1.29, 1.82) is 0 Å². The van der Waals surface area contributed by atoms with Crippen LogP contribution in [0, 0.1) is 0 Å². The first-order valence-electron chi connectivity index (χ1n) is 8.32. The molecule has 0 aliphatic carbocycles. The smallest absolute Gasteiger partial charge is 0.141 e. The van der Waals surface area contributed by atoms with Gasteiger partial charge in [-0.25, -0.2) is 4.98 Å². The molecular formula is C21H20N2. The van der Waals surface area contributed by atoms with Crippen LogP contribution in [0.1, 0.15) is 19.8 Å².